The number of amides is 1. The Morgan fingerprint density at radius 1 is 1.29 bits per heavy atom. The van der Waals surface area contributed by atoms with Crippen LogP contribution in [0.1, 0.15) is 48.1 Å². The molecule has 0 bridgehead atoms. The monoisotopic (exact) mass is 378 g/mol. The van der Waals surface area contributed by atoms with Gasteiger partial charge >= 0.3 is 5.69 Å². The number of aromatic amines is 1. The molecule has 4 rings (SSSR count). The molecule has 7 nitrogen and oxygen atoms in total. The molecule has 3 aromatic rings. The van der Waals surface area contributed by atoms with Crippen molar-refractivity contribution in [2.75, 3.05) is 0 Å². The van der Waals surface area contributed by atoms with Gasteiger partial charge in [-0.2, -0.15) is 0 Å². The molecule has 0 radical (unpaired) electrons. The third-order valence-corrected chi connectivity index (χ3v) is 5.08. The van der Waals surface area contributed by atoms with Crippen molar-refractivity contribution in [3.05, 3.63) is 74.6 Å². The first-order valence-corrected chi connectivity index (χ1v) is 9.57. The van der Waals surface area contributed by atoms with E-state index in [0.717, 1.165) is 24.8 Å². The molecule has 1 aliphatic rings. The molecule has 28 heavy (non-hydrogen) atoms. The Balaban J connectivity index is 1.68. The molecule has 1 fully saturated rings. The Hall–Kier alpha value is -3.22. The fraction of sp³-hybridized carbons (Fsp3) is 0.333. The standard InChI is InChI=1S/C21H22N4O3/c1-2-10-25-18-16(20(27)24-21(25)28)11-15(12-22-18)19(26)23-17(14-8-9-14)13-6-4-3-5-7-13/h3-7,11-12,14,17H,2,8-10H2,1H3,(H,23,26)(H,24,27,28). The van der Waals surface area contributed by atoms with E-state index in [9.17, 15) is 14.4 Å². The van der Waals surface area contributed by atoms with Crippen LogP contribution < -0.4 is 16.6 Å². The fourth-order valence-electron chi connectivity index (χ4n) is 3.51. The third kappa shape index (κ3) is 3.47. The van der Waals surface area contributed by atoms with E-state index < -0.39 is 11.2 Å². The zero-order chi connectivity index (χ0) is 19.7. The normalized spacial score (nSPS) is 14.8. The van der Waals surface area contributed by atoms with Gasteiger partial charge < -0.3 is 5.32 Å². The van der Waals surface area contributed by atoms with E-state index in [-0.39, 0.29) is 17.3 Å². The Morgan fingerprint density at radius 3 is 2.71 bits per heavy atom. The lowest BCUT2D eigenvalue weighted by molar-refractivity contribution is 0.0931. The van der Waals surface area contributed by atoms with Crippen LogP contribution in [0.4, 0.5) is 0 Å². The Kier molecular flexibility index (Phi) is 4.81. The number of aromatic nitrogens is 3. The largest absolute Gasteiger partial charge is 0.345 e. The average molecular weight is 378 g/mol. The smallest absolute Gasteiger partial charge is 0.329 e. The van der Waals surface area contributed by atoms with Crippen molar-refractivity contribution < 1.29 is 4.79 Å². The highest BCUT2D eigenvalue weighted by atomic mass is 16.2. The van der Waals surface area contributed by atoms with Crippen molar-refractivity contribution in [3.8, 4) is 0 Å². The summed E-state index contributed by atoms with van der Waals surface area (Å²) in [5, 5.41) is 3.33. The van der Waals surface area contributed by atoms with Gasteiger partial charge in [-0.1, -0.05) is 37.3 Å². The number of hydrogen-bond acceptors (Lipinski definition) is 4. The van der Waals surface area contributed by atoms with Crippen LogP contribution in [0.2, 0.25) is 0 Å². The van der Waals surface area contributed by atoms with Crippen LogP contribution in [-0.4, -0.2) is 20.4 Å². The first-order valence-electron chi connectivity index (χ1n) is 9.57. The topological polar surface area (TPSA) is 96.9 Å². The lowest BCUT2D eigenvalue weighted by Gasteiger charge is -2.19. The van der Waals surface area contributed by atoms with Gasteiger partial charge in [0.15, 0.2) is 0 Å². The lowest BCUT2D eigenvalue weighted by atomic mass is 10.0. The molecule has 1 aliphatic carbocycles. The van der Waals surface area contributed by atoms with Crippen LogP contribution in [-0.2, 0) is 6.54 Å². The number of aryl methyl sites for hydroxylation is 1. The number of nitrogens with zero attached hydrogens (tertiary/aromatic N) is 2. The minimum atomic E-state index is -0.531. The first-order chi connectivity index (χ1) is 13.6. The van der Waals surface area contributed by atoms with Crippen LogP contribution in [0.15, 0.2) is 52.2 Å². The van der Waals surface area contributed by atoms with Crippen LogP contribution >= 0.6 is 0 Å². The van der Waals surface area contributed by atoms with Gasteiger partial charge in [0.1, 0.15) is 5.65 Å². The van der Waals surface area contributed by atoms with Crippen LogP contribution in [0.3, 0.4) is 0 Å². The second-order valence-electron chi connectivity index (χ2n) is 7.21. The van der Waals surface area contributed by atoms with Crippen molar-refractivity contribution in [3.63, 3.8) is 0 Å². The summed E-state index contributed by atoms with van der Waals surface area (Å²) in [5.41, 5.74) is 0.662. The maximum atomic E-state index is 12.9. The predicted octanol–water partition coefficient (Wildman–Crippen LogP) is 2.38. The van der Waals surface area contributed by atoms with Crippen molar-refractivity contribution in [1.29, 1.82) is 0 Å². The molecular formula is C21H22N4O3. The van der Waals surface area contributed by atoms with Crippen molar-refractivity contribution >= 4 is 16.9 Å². The molecule has 1 aromatic carbocycles. The number of nitrogens with one attached hydrogen (secondary N) is 2. The molecule has 1 unspecified atom stereocenters. The third-order valence-electron chi connectivity index (χ3n) is 5.08. The Bertz CT molecular complexity index is 1130. The second kappa shape index (κ2) is 7.42. The summed E-state index contributed by atoms with van der Waals surface area (Å²) in [6, 6.07) is 11.3. The fourth-order valence-corrected chi connectivity index (χ4v) is 3.51. The molecule has 2 aromatic heterocycles. The zero-order valence-corrected chi connectivity index (χ0v) is 15.6. The van der Waals surface area contributed by atoms with Crippen molar-refractivity contribution in [1.82, 2.24) is 19.9 Å². The van der Waals surface area contributed by atoms with E-state index in [2.05, 4.69) is 15.3 Å². The molecule has 0 spiro atoms. The maximum absolute atomic E-state index is 12.9. The van der Waals surface area contributed by atoms with Gasteiger partial charge in [-0.3, -0.25) is 19.1 Å². The summed E-state index contributed by atoms with van der Waals surface area (Å²) in [7, 11) is 0. The highest BCUT2D eigenvalue weighted by molar-refractivity contribution is 5.97. The van der Waals surface area contributed by atoms with Gasteiger partial charge in [-0.15, -0.1) is 0 Å². The molecular weight excluding hydrogens is 356 g/mol. The molecule has 0 saturated heterocycles. The summed E-state index contributed by atoms with van der Waals surface area (Å²) in [4.78, 5) is 43.7. The Labute approximate surface area is 161 Å². The van der Waals surface area contributed by atoms with Crippen LogP contribution in [0.5, 0.6) is 0 Å². The SMILES string of the molecule is CCCn1c(=O)[nH]c(=O)c2cc(C(=O)NC(c3ccccc3)C3CC3)cnc21. The summed E-state index contributed by atoms with van der Waals surface area (Å²) in [5.74, 6) is 0.153. The molecule has 144 valence electrons. The molecule has 2 N–H and O–H groups in total. The number of rotatable bonds is 6. The number of carbonyl (C=O) groups is 1. The molecule has 7 heteroatoms. The number of benzene rings is 1. The lowest BCUT2D eigenvalue weighted by Crippen LogP contribution is -2.32. The van der Waals surface area contributed by atoms with Crippen LogP contribution in [0, 0.1) is 5.92 Å². The zero-order valence-electron chi connectivity index (χ0n) is 15.6. The highest BCUT2D eigenvalue weighted by Crippen LogP contribution is 2.41. The van der Waals surface area contributed by atoms with E-state index in [4.69, 9.17) is 0 Å². The van der Waals surface area contributed by atoms with Gasteiger partial charge in [0.05, 0.1) is 17.0 Å². The van der Waals surface area contributed by atoms with Gasteiger partial charge in [0.2, 0.25) is 0 Å². The summed E-state index contributed by atoms with van der Waals surface area (Å²) in [6.45, 7) is 2.38. The summed E-state index contributed by atoms with van der Waals surface area (Å²) in [6.07, 6.45) is 4.32. The Morgan fingerprint density at radius 2 is 2.04 bits per heavy atom. The summed E-state index contributed by atoms with van der Waals surface area (Å²) < 4.78 is 1.43. The summed E-state index contributed by atoms with van der Waals surface area (Å²) >= 11 is 0. The number of hydrogen-bond donors (Lipinski definition) is 2. The predicted molar refractivity (Wildman–Crippen MR) is 106 cm³/mol. The molecule has 2 heterocycles. The van der Waals surface area contributed by atoms with E-state index in [1.54, 1.807) is 0 Å². The number of pyridine rings is 1. The molecule has 1 saturated carbocycles. The number of H-pyrrole nitrogens is 1. The van der Waals surface area contributed by atoms with Crippen molar-refractivity contribution in [2.45, 2.75) is 38.8 Å². The highest BCUT2D eigenvalue weighted by Gasteiger charge is 2.33. The number of fused-ring (bicyclic) bond motifs is 1. The van der Waals surface area contributed by atoms with Gasteiger partial charge in [0.25, 0.3) is 11.5 Å². The van der Waals surface area contributed by atoms with Crippen molar-refractivity contribution in [2.24, 2.45) is 5.92 Å². The molecule has 1 amide bonds. The molecule has 1 atom stereocenters. The van der Waals surface area contributed by atoms with Gasteiger partial charge in [-0.05, 0) is 36.8 Å². The second-order valence-corrected chi connectivity index (χ2v) is 7.21. The number of carbonyl (C=O) groups excluding carboxylic acids is 1. The quantitative estimate of drug-likeness (QED) is 0.688. The van der Waals surface area contributed by atoms with E-state index >= 15 is 0 Å². The average Bonchev–Trinajstić information content (AvgIpc) is 3.54. The minimum absolute atomic E-state index is 0.0586. The van der Waals surface area contributed by atoms with E-state index in [1.165, 1.54) is 16.8 Å². The first kappa shape index (κ1) is 18.2. The van der Waals surface area contributed by atoms with E-state index in [0.29, 0.717) is 23.7 Å². The van der Waals surface area contributed by atoms with Gasteiger partial charge in [-0.25, -0.2) is 9.78 Å². The molecule has 0 aliphatic heterocycles. The van der Waals surface area contributed by atoms with E-state index in [1.807, 2.05) is 37.3 Å². The minimum Gasteiger partial charge on any atom is -0.345 e. The van der Waals surface area contributed by atoms with Gasteiger partial charge in [0, 0.05) is 12.7 Å². The van der Waals surface area contributed by atoms with Crippen LogP contribution in [0.25, 0.3) is 11.0 Å². The maximum Gasteiger partial charge on any atom is 0.329 e.